The fourth-order valence-corrected chi connectivity index (χ4v) is 2.71. The summed E-state index contributed by atoms with van der Waals surface area (Å²) in [4.78, 5) is 11.2. The molecular weight excluding hydrogens is 294 g/mol. The van der Waals surface area contributed by atoms with Gasteiger partial charge in [-0.2, -0.15) is 0 Å². The maximum atomic E-state index is 11.2. The molecular formula is C10H23BCl2N2O4. The number of aliphatic carboxylic acids is 1. The van der Waals surface area contributed by atoms with Gasteiger partial charge in [-0.25, -0.2) is 0 Å². The summed E-state index contributed by atoms with van der Waals surface area (Å²) in [5.41, 5.74) is 10.3. The largest absolute Gasteiger partial charge is 0.480 e. The molecule has 0 unspecified atom stereocenters. The second kappa shape index (κ2) is 8.99. The first-order chi connectivity index (χ1) is 7.87. The molecule has 0 amide bonds. The van der Waals surface area contributed by atoms with Crippen molar-refractivity contribution in [1.29, 1.82) is 0 Å². The number of carbonyl (C=O) groups is 1. The average Bonchev–Trinajstić information content (AvgIpc) is 2.25. The van der Waals surface area contributed by atoms with E-state index in [4.69, 9.17) is 26.6 Å². The maximum Gasteiger partial charge on any atom is 0.451 e. The van der Waals surface area contributed by atoms with Crippen LogP contribution in [0.2, 0.25) is 6.32 Å². The highest BCUT2D eigenvalue weighted by Crippen LogP contribution is 2.37. The molecule has 1 aliphatic carbocycles. The van der Waals surface area contributed by atoms with E-state index in [1.54, 1.807) is 0 Å². The SMILES string of the molecule is Cl.Cl.NC[C@@H]1C[C@@H](CCB(O)O)C[C@](N)(C(=O)O)C1. The zero-order chi connectivity index (χ0) is 13.1. The van der Waals surface area contributed by atoms with E-state index >= 15 is 0 Å². The van der Waals surface area contributed by atoms with Crippen LogP contribution in [0, 0.1) is 11.8 Å². The quantitative estimate of drug-likeness (QED) is 0.448. The third kappa shape index (κ3) is 6.29. The van der Waals surface area contributed by atoms with Crippen molar-refractivity contribution in [2.75, 3.05) is 6.54 Å². The Kier molecular flexibility index (Phi) is 10.1. The Bertz CT molecular complexity index is 286. The number of nitrogens with two attached hydrogens (primary N) is 2. The third-order valence-electron chi connectivity index (χ3n) is 3.56. The Labute approximate surface area is 125 Å². The van der Waals surface area contributed by atoms with E-state index in [0.29, 0.717) is 25.8 Å². The van der Waals surface area contributed by atoms with Crippen LogP contribution in [0.1, 0.15) is 25.7 Å². The topological polar surface area (TPSA) is 130 Å². The van der Waals surface area contributed by atoms with E-state index in [0.717, 1.165) is 6.42 Å². The smallest absolute Gasteiger partial charge is 0.451 e. The first kappa shape index (κ1) is 21.3. The van der Waals surface area contributed by atoms with Crippen LogP contribution in [0.25, 0.3) is 0 Å². The average molecular weight is 317 g/mol. The maximum absolute atomic E-state index is 11.2. The summed E-state index contributed by atoms with van der Waals surface area (Å²) in [6.45, 7) is 0.421. The molecule has 3 atom stereocenters. The molecule has 0 saturated heterocycles. The summed E-state index contributed by atoms with van der Waals surface area (Å²) >= 11 is 0. The highest BCUT2D eigenvalue weighted by molar-refractivity contribution is 6.40. The molecule has 0 aromatic heterocycles. The predicted molar refractivity (Wildman–Crippen MR) is 78.6 cm³/mol. The fourth-order valence-electron chi connectivity index (χ4n) is 2.71. The summed E-state index contributed by atoms with van der Waals surface area (Å²) in [6, 6.07) is 0. The summed E-state index contributed by atoms with van der Waals surface area (Å²) in [5.74, 6) is -0.795. The van der Waals surface area contributed by atoms with Crippen LogP contribution in [0.15, 0.2) is 0 Å². The first-order valence-electron chi connectivity index (χ1n) is 5.96. The molecule has 1 saturated carbocycles. The van der Waals surface area contributed by atoms with Crippen molar-refractivity contribution in [3.05, 3.63) is 0 Å². The van der Waals surface area contributed by atoms with Gasteiger partial charge in [0.2, 0.25) is 0 Å². The zero-order valence-corrected chi connectivity index (χ0v) is 12.3. The molecule has 0 radical (unpaired) electrons. The van der Waals surface area contributed by atoms with Crippen molar-refractivity contribution in [2.45, 2.75) is 37.5 Å². The van der Waals surface area contributed by atoms with Crippen LogP contribution in [-0.4, -0.2) is 40.3 Å². The van der Waals surface area contributed by atoms with Crippen LogP contribution in [0.5, 0.6) is 0 Å². The van der Waals surface area contributed by atoms with Gasteiger partial charge in [-0.15, -0.1) is 24.8 Å². The molecule has 1 aliphatic rings. The lowest BCUT2D eigenvalue weighted by molar-refractivity contribution is -0.146. The van der Waals surface area contributed by atoms with Gasteiger partial charge in [0.05, 0.1) is 0 Å². The fraction of sp³-hybridized carbons (Fsp3) is 0.900. The molecule has 6 nitrogen and oxygen atoms in total. The molecule has 0 heterocycles. The number of hydrogen-bond donors (Lipinski definition) is 5. The summed E-state index contributed by atoms with van der Waals surface area (Å²) in [7, 11) is -1.34. The van der Waals surface area contributed by atoms with E-state index in [1.165, 1.54) is 0 Å². The molecule has 0 aliphatic heterocycles. The van der Waals surface area contributed by atoms with Crippen molar-refractivity contribution in [3.8, 4) is 0 Å². The summed E-state index contributed by atoms with van der Waals surface area (Å²) in [5, 5.41) is 26.8. The van der Waals surface area contributed by atoms with Crippen molar-refractivity contribution in [2.24, 2.45) is 23.3 Å². The van der Waals surface area contributed by atoms with Gasteiger partial charge in [0.15, 0.2) is 0 Å². The van der Waals surface area contributed by atoms with Gasteiger partial charge < -0.3 is 26.6 Å². The van der Waals surface area contributed by atoms with Crippen LogP contribution in [0.3, 0.4) is 0 Å². The number of carboxylic acid groups (broad SMARTS) is 1. The number of rotatable bonds is 5. The molecule has 9 heteroatoms. The van der Waals surface area contributed by atoms with Gasteiger partial charge in [-0.05, 0) is 44.0 Å². The van der Waals surface area contributed by atoms with Crippen LogP contribution in [-0.2, 0) is 4.79 Å². The van der Waals surface area contributed by atoms with E-state index in [1.807, 2.05) is 0 Å². The van der Waals surface area contributed by atoms with E-state index in [9.17, 15) is 4.79 Å². The molecule has 114 valence electrons. The van der Waals surface area contributed by atoms with Gasteiger partial charge in [-0.3, -0.25) is 4.79 Å². The number of hydrogen-bond acceptors (Lipinski definition) is 5. The molecule has 7 N–H and O–H groups in total. The molecule has 0 aromatic rings. The van der Waals surface area contributed by atoms with Crippen LogP contribution in [0.4, 0.5) is 0 Å². The zero-order valence-electron chi connectivity index (χ0n) is 10.7. The Hall–Kier alpha value is -0.0451. The molecule has 1 fully saturated rings. The van der Waals surface area contributed by atoms with Crippen LogP contribution >= 0.6 is 24.8 Å². The predicted octanol–water partition coefficient (Wildman–Crippen LogP) is -0.150. The second-order valence-corrected chi connectivity index (χ2v) is 5.13. The summed E-state index contributed by atoms with van der Waals surface area (Å²) in [6.07, 6.45) is 2.41. The minimum Gasteiger partial charge on any atom is -0.480 e. The van der Waals surface area contributed by atoms with Crippen molar-refractivity contribution in [1.82, 2.24) is 0 Å². The molecule has 0 bridgehead atoms. The van der Waals surface area contributed by atoms with Crippen molar-refractivity contribution >= 4 is 37.9 Å². The molecule has 0 spiro atoms. The lowest BCUT2D eigenvalue weighted by Gasteiger charge is -2.39. The Morgan fingerprint density at radius 2 is 1.79 bits per heavy atom. The standard InChI is InChI=1S/C10H21BN2O4.2ClH/c12-6-8-3-7(1-2-11(16)17)4-10(13,5-8)9(14)15;;/h7-8,16-17H,1-6,12-13H2,(H,14,15);2*1H/t7-,8-,10-;;/m1../s1. The first-order valence-corrected chi connectivity index (χ1v) is 5.96. The highest BCUT2D eigenvalue weighted by Gasteiger charge is 2.42. The van der Waals surface area contributed by atoms with Gasteiger partial charge >= 0.3 is 13.1 Å². The van der Waals surface area contributed by atoms with Gasteiger partial charge in [0.1, 0.15) is 5.54 Å². The minimum atomic E-state index is -1.34. The van der Waals surface area contributed by atoms with Gasteiger partial charge in [-0.1, -0.05) is 6.42 Å². The second-order valence-electron chi connectivity index (χ2n) is 5.13. The lowest BCUT2D eigenvalue weighted by Crippen LogP contribution is -2.54. The normalized spacial score (nSPS) is 29.9. The lowest BCUT2D eigenvalue weighted by atomic mass is 9.67. The molecule has 19 heavy (non-hydrogen) atoms. The Morgan fingerprint density at radius 1 is 1.26 bits per heavy atom. The molecule has 1 rings (SSSR count). The van der Waals surface area contributed by atoms with E-state index in [2.05, 4.69) is 0 Å². The number of halogens is 2. The van der Waals surface area contributed by atoms with E-state index in [-0.39, 0.29) is 43.0 Å². The van der Waals surface area contributed by atoms with Crippen molar-refractivity contribution < 1.29 is 19.9 Å². The Morgan fingerprint density at radius 3 is 2.21 bits per heavy atom. The Balaban J connectivity index is 0. The number of carboxylic acids is 1. The highest BCUT2D eigenvalue weighted by atomic mass is 35.5. The summed E-state index contributed by atoms with van der Waals surface area (Å²) < 4.78 is 0. The monoisotopic (exact) mass is 316 g/mol. The molecule has 0 aromatic carbocycles. The third-order valence-corrected chi connectivity index (χ3v) is 3.56. The van der Waals surface area contributed by atoms with Gasteiger partial charge in [0.25, 0.3) is 0 Å². The van der Waals surface area contributed by atoms with E-state index < -0.39 is 18.6 Å². The van der Waals surface area contributed by atoms with Crippen molar-refractivity contribution in [3.63, 3.8) is 0 Å². The van der Waals surface area contributed by atoms with Crippen LogP contribution < -0.4 is 11.5 Å². The minimum absolute atomic E-state index is 0. The van der Waals surface area contributed by atoms with Gasteiger partial charge in [0, 0.05) is 0 Å².